The van der Waals surface area contributed by atoms with Gasteiger partial charge >= 0.3 is 0 Å². The second-order valence-electron chi connectivity index (χ2n) is 7.83. The topological polar surface area (TPSA) is 38.1 Å². The van der Waals surface area contributed by atoms with Crippen LogP contribution in [0.2, 0.25) is 0 Å². The van der Waals surface area contributed by atoms with Crippen molar-refractivity contribution in [3.05, 3.63) is 76.1 Å². The van der Waals surface area contributed by atoms with Gasteiger partial charge in [0.05, 0.1) is 11.4 Å². The van der Waals surface area contributed by atoms with Crippen LogP contribution in [0.15, 0.2) is 36.4 Å². The minimum atomic E-state index is -0.359. The van der Waals surface area contributed by atoms with Crippen molar-refractivity contribution in [1.82, 2.24) is 9.78 Å². The van der Waals surface area contributed by atoms with Crippen molar-refractivity contribution in [3.63, 3.8) is 0 Å². The molecular formula is C23H21F2N3O. The first-order valence-electron chi connectivity index (χ1n) is 10.0. The van der Waals surface area contributed by atoms with E-state index in [1.807, 2.05) is 13.0 Å². The average Bonchev–Trinajstić information content (AvgIpc) is 3.30. The summed E-state index contributed by atoms with van der Waals surface area (Å²) in [6, 6.07) is 9.53. The van der Waals surface area contributed by atoms with Crippen molar-refractivity contribution in [2.75, 3.05) is 11.4 Å². The molecular weight excluding hydrogens is 372 g/mol. The molecule has 0 atom stereocenters. The van der Waals surface area contributed by atoms with Gasteiger partial charge in [-0.1, -0.05) is 6.07 Å². The monoisotopic (exact) mass is 393 g/mol. The van der Waals surface area contributed by atoms with Gasteiger partial charge in [0.15, 0.2) is 5.69 Å². The highest BCUT2D eigenvalue weighted by atomic mass is 19.1. The molecule has 0 radical (unpaired) electrons. The van der Waals surface area contributed by atoms with Gasteiger partial charge in [0.25, 0.3) is 5.91 Å². The molecule has 5 rings (SSSR count). The summed E-state index contributed by atoms with van der Waals surface area (Å²) in [4.78, 5) is 15.0. The number of hydrogen-bond donors (Lipinski definition) is 0. The molecule has 0 unspecified atom stereocenters. The minimum Gasteiger partial charge on any atom is -0.304 e. The maximum absolute atomic E-state index is 14.8. The SMILES string of the molecule is Cc1cc(F)c2c(c1)CCCN2C(=O)c1nn(-c2ccc(F)cc2)c2c1CCC2. The van der Waals surface area contributed by atoms with Crippen LogP contribution in [0.1, 0.15) is 45.7 Å². The van der Waals surface area contributed by atoms with E-state index in [2.05, 4.69) is 5.10 Å². The van der Waals surface area contributed by atoms with Crippen molar-refractivity contribution < 1.29 is 13.6 Å². The Balaban J connectivity index is 1.59. The van der Waals surface area contributed by atoms with Gasteiger partial charge in [-0.3, -0.25) is 4.79 Å². The Morgan fingerprint density at radius 3 is 2.62 bits per heavy atom. The van der Waals surface area contributed by atoms with E-state index in [-0.39, 0.29) is 17.5 Å². The number of fused-ring (bicyclic) bond motifs is 2. The van der Waals surface area contributed by atoms with Gasteiger partial charge < -0.3 is 4.90 Å². The maximum Gasteiger partial charge on any atom is 0.279 e. The van der Waals surface area contributed by atoms with E-state index in [9.17, 15) is 13.6 Å². The lowest BCUT2D eigenvalue weighted by Crippen LogP contribution is -2.37. The number of halogens is 2. The molecule has 1 aliphatic carbocycles. The highest BCUT2D eigenvalue weighted by molar-refractivity contribution is 6.06. The first-order chi connectivity index (χ1) is 14.0. The fraction of sp³-hybridized carbons (Fsp3) is 0.304. The molecule has 0 bridgehead atoms. The number of amides is 1. The lowest BCUT2D eigenvalue weighted by atomic mass is 9.98. The van der Waals surface area contributed by atoms with Crippen LogP contribution in [-0.2, 0) is 19.3 Å². The smallest absolute Gasteiger partial charge is 0.279 e. The van der Waals surface area contributed by atoms with Gasteiger partial charge in [-0.2, -0.15) is 5.10 Å². The zero-order chi connectivity index (χ0) is 20.1. The molecule has 148 valence electrons. The summed E-state index contributed by atoms with van der Waals surface area (Å²) in [6.45, 7) is 2.34. The molecule has 0 N–H and O–H groups in total. The summed E-state index contributed by atoms with van der Waals surface area (Å²) in [6.07, 6.45) is 4.09. The Hall–Kier alpha value is -3.02. The number of aromatic nitrogens is 2. The predicted octanol–water partition coefficient (Wildman–Crippen LogP) is 4.54. The normalized spacial score (nSPS) is 15.3. The summed E-state index contributed by atoms with van der Waals surface area (Å²) in [5, 5.41) is 4.61. The number of carbonyl (C=O) groups excluding carboxylic acids is 1. The van der Waals surface area contributed by atoms with Gasteiger partial charge in [0.1, 0.15) is 11.6 Å². The molecule has 0 saturated heterocycles. The Bertz CT molecular complexity index is 1120. The number of nitrogens with zero attached hydrogens (tertiary/aromatic N) is 3. The molecule has 29 heavy (non-hydrogen) atoms. The van der Waals surface area contributed by atoms with Crippen LogP contribution in [0.25, 0.3) is 5.69 Å². The molecule has 2 aliphatic rings. The van der Waals surface area contributed by atoms with E-state index in [1.54, 1.807) is 21.7 Å². The molecule has 0 fully saturated rings. The second kappa shape index (κ2) is 6.79. The zero-order valence-corrected chi connectivity index (χ0v) is 16.2. The third kappa shape index (κ3) is 2.94. The summed E-state index contributed by atoms with van der Waals surface area (Å²) in [5.74, 6) is -0.931. The van der Waals surface area contributed by atoms with Crippen molar-refractivity contribution in [3.8, 4) is 5.69 Å². The summed E-state index contributed by atoms with van der Waals surface area (Å²) in [7, 11) is 0. The third-order valence-corrected chi connectivity index (χ3v) is 5.83. The molecule has 2 aromatic carbocycles. The highest BCUT2D eigenvalue weighted by Gasteiger charge is 2.33. The predicted molar refractivity (Wildman–Crippen MR) is 107 cm³/mol. The Labute approximate surface area is 167 Å². The molecule has 0 saturated carbocycles. The summed E-state index contributed by atoms with van der Waals surface area (Å²) in [5.41, 5.74) is 5.14. The van der Waals surface area contributed by atoms with Crippen molar-refractivity contribution in [1.29, 1.82) is 0 Å². The van der Waals surface area contributed by atoms with Gasteiger partial charge in [-0.05, 0) is 80.5 Å². The number of benzene rings is 2. The summed E-state index contributed by atoms with van der Waals surface area (Å²) >= 11 is 0. The first kappa shape index (κ1) is 18.0. The van der Waals surface area contributed by atoms with E-state index in [0.717, 1.165) is 60.2 Å². The fourth-order valence-corrected chi connectivity index (χ4v) is 4.57. The maximum atomic E-state index is 14.8. The van der Waals surface area contributed by atoms with Gasteiger partial charge in [0, 0.05) is 17.8 Å². The highest BCUT2D eigenvalue weighted by Crippen LogP contribution is 2.34. The number of aryl methyl sites for hydroxylation is 2. The van der Waals surface area contributed by atoms with E-state index < -0.39 is 0 Å². The Morgan fingerprint density at radius 2 is 1.83 bits per heavy atom. The van der Waals surface area contributed by atoms with Crippen LogP contribution in [0.3, 0.4) is 0 Å². The van der Waals surface area contributed by atoms with Crippen molar-refractivity contribution in [2.45, 2.75) is 39.0 Å². The first-order valence-corrected chi connectivity index (χ1v) is 10.0. The minimum absolute atomic E-state index is 0.257. The standard InChI is InChI=1S/C23H21F2N3O/c1-14-12-15-4-3-11-27(22(15)19(25)13-14)23(29)21-18-5-2-6-20(18)28(26-21)17-9-7-16(24)8-10-17/h7-10,12-13H,2-6,11H2,1H3. The molecule has 4 nitrogen and oxygen atoms in total. The number of anilines is 1. The lowest BCUT2D eigenvalue weighted by Gasteiger charge is -2.30. The third-order valence-electron chi connectivity index (χ3n) is 5.83. The van der Waals surface area contributed by atoms with E-state index >= 15 is 0 Å². The fourth-order valence-electron chi connectivity index (χ4n) is 4.57. The second-order valence-corrected chi connectivity index (χ2v) is 7.83. The van der Waals surface area contributed by atoms with Crippen LogP contribution < -0.4 is 4.90 Å². The molecule has 2 heterocycles. The molecule has 6 heteroatoms. The van der Waals surface area contributed by atoms with Crippen LogP contribution in [0.4, 0.5) is 14.5 Å². The van der Waals surface area contributed by atoms with E-state index in [4.69, 9.17) is 0 Å². The van der Waals surface area contributed by atoms with E-state index in [0.29, 0.717) is 17.9 Å². The van der Waals surface area contributed by atoms with Crippen LogP contribution in [-0.4, -0.2) is 22.2 Å². The summed E-state index contributed by atoms with van der Waals surface area (Å²) < 4.78 is 29.9. The molecule has 1 aromatic heterocycles. The zero-order valence-electron chi connectivity index (χ0n) is 16.2. The van der Waals surface area contributed by atoms with Crippen LogP contribution in [0.5, 0.6) is 0 Å². The van der Waals surface area contributed by atoms with E-state index in [1.165, 1.54) is 18.2 Å². The Kier molecular flexibility index (Phi) is 4.23. The Morgan fingerprint density at radius 1 is 1.03 bits per heavy atom. The average molecular weight is 393 g/mol. The van der Waals surface area contributed by atoms with Gasteiger partial charge in [-0.25, -0.2) is 13.5 Å². The number of rotatable bonds is 2. The molecule has 0 spiro atoms. The largest absolute Gasteiger partial charge is 0.304 e. The van der Waals surface area contributed by atoms with Gasteiger partial charge in [-0.15, -0.1) is 0 Å². The van der Waals surface area contributed by atoms with Crippen molar-refractivity contribution >= 4 is 11.6 Å². The molecule has 1 aliphatic heterocycles. The lowest BCUT2D eigenvalue weighted by molar-refractivity contribution is 0.0978. The quantitative estimate of drug-likeness (QED) is 0.641. The van der Waals surface area contributed by atoms with Gasteiger partial charge in [0.2, 0.25) is 0 Å². The van der Waals surface area contributed by atoms with Crippen LogP contribution >= 0.6 is 0 Å². The van der Waals surface area contributed by atoms with Crippen molar-refractivity contribution in [2.24, 2.45) is 0 Å². The number of hydrogen-bond acceptors (Lipinski definition) is 2. The number of carbonyl (C=O) groups is 1. The molecule has 1 amide bonds. The molecule has 3 aromatic rings. The van der Waals surface area contributed by atoms with Crippen LogP contribution in [0, 0.1) is 18.6 Å².